The van der Waals surface area contributed by atoms with Crippen molar-refractivity contribution < 1.29 is 17.9 Å². The van der Waals surface area contributed by atoms with Crippen LogP contribution >= 0.6 is 11.6 Å². The van der Waals surface area contributed by atoms with E-state index in [1.165, 1.54) is 0 Å². The van der Waals surface area contributed by atoms with Gasteiger partial charge in [0, 0.05) is 5.02 Å². The zero-order valence-electron chi connectivity index (χ0n) is 12.0. The molecule has 0 bridgehead atoms. The van der Waals surface area contributed by atoms with Crippen molar-refractivity contribution in [2.24, 2.45) is 0 Å². The minimum Gasteiger partial charge on any atom is -0.462 e. The Hall–Kier alpha value is -1.34. The van der Waals surface area contributed by atoms with Crippen molar-refractivity contribution in [1.82, 2.24) is 4.90 Å². The van der Waals surface area contributed by atoms with Crippen molar-refractivity contribution in [1.29, 1.82) is 0 Å². The summed E-state index contributed by atoms with van der Waals surface area (Å²) in [5.74, 6) is 1.21. The second kappa shape index (κ2) is 5.70. The van der Waals surface area contributed by atoms with E-state index >= 15 is 0 Å². The molecule has 3 rings (SSSR count). The molecule has 1 atom stereocenters. The predicted octanol–water partition coefficient (Wildman–Crippen LogP) is 2.39. The van der Waals surface area contributed by atoms with Crippen LogP contribution in [-0.2, 0) is 23.0 Å². The molecule has 1 N–H and O–H groups in total. The van der Waals surface area contributed by atoms with E-state index in [9.17, 15) is 8.42 Å². The van der Waals surface area contributed by atoms with Crippen LogP contribution in [0.3, 0.4) is 0 Å². The highest BCUT2D eigenvalue weighted by Gasteiger charge is 2.37. The van der Waals surface area contributed by atoms with Crippen LogP contribution in [0.15, 0.2) is 39.6 Å². The maximum atomic E-state index is 12.3. The number of nitrogens with zero attached hydrogens (tertiary/aromatic N) is 1. The topological polar surface area (TPSA) is 70.8 Å². The number of benzene rings is 1. The lowest BCUT2D eigenvalue weighted by molar-refractivity contribution is 0.214. The van der Waals surface area contributed by atoms with E-state index in [1.54, 1.807) is 30.3 Å². The van der Waals surface area contributed by atoms with Crippen LogP contribution in [0.25, 0.3) is 0 Å². The van der Waals surface area contributed by atoms with Crippen molar-refractivity contribution in [3.05, 3.63) is 52.4 Å². The van der Waals surface area contributed by atoms with Crippen LogP contribution < -0.4 is 0 Å². The van der Waals surface area contributed by atoms with Crippen LogP contribution in [0.1, 0.15) is 23.1 Å². The second-order valence-electron chi connectivity index (χ2n) is 5.42. The summed E-state index contributed by atoms with van der Waals surface area (Å²) in [4.78, 5) is 2.27. The molecule has 1 aromatic carbocycles. The summed E-state index contributed by atoms with van der Waals surface area (Å²) in [6.45, 7) is 0.298. The molecule has 118 valence electrons. The number of fused-ring (bicyclic) bond motifs is 1. The Balaban J connectivity index is 1.88. The molecular weight excluding hydrogens is 326 g/mol. The van der Waals surface area contributed by atoms with Crippen molar-refractivity contribution in [2.75, 3.05) is 12.8 Å². The number of hydrogen-bond acceptors (Lipinski definition) is 5. The maximum Gasteiger partial charge on any atom is 0.180 e. The predicted molar refractivity (Wildman–Crippen MR) is 82.3 cm³/mol. The van der Waals surface area contributed by atoms with Crippen molar-refractivity contribution in [3.8, 4) is 0 Å². The summed E-state index contributed by atoms with van der Waals surface area (Å²) in [5, 5.41) is 9.55. The van der Waals surface area contributed by atoms with Gasteiger partial charge in [-0.1, -0.05) is 11.6 Å². The first-order valence-electron chi connectivity index (χ1n) is 6.81. The Morgan fingerprint density at radius 2 is 2.05 bits per heavy atom. The van der Waals surface area contributed by atoms with Gasteiger partial charge in [-0.15, -0.1) is 0 Å². The molecule has 0 saturated heterocycles. The summed E-state index contributed by atoms with van der Waals surface area (Å²) < 4.78 is 30.0. The summed E-state index contributed by atoms with van der Waals surface area (Å²) >= 11 is 6.01. The first-order valence-corrected chi connectivity index (χ1v) is 8.84. The van der Waals surface area contributed by atoms with Gasteiger partial charge in [0.05, 0.1) is 23.2 Å². The summed E-state index contributed by atoms with van der Waals surface area (Å²) in [7, 11) is -1.43. The molecule has 1 aliphatic heterocycles. The highest BCUT2D eigenvalue weighted by Crippen LogP contribution is 2.38. The molecule has 2 heterocycles. The van der Waals surface area contributed by atoms with Crippen LogP contribution in [-0.4, -0.2) is 31.2 Å². The molecule has 5 nitrogen and oxygen atoms in total. The zero-order valence-corrected chi connectivity index (χ0v) is 13.6. The quantitative estimate of drug-likeness (QED) is 0.924. The number of aliphatic hydroxyl groups is 1. The van der Waals surface area contributed by atoms with Crippen LogP contribution in [0, 0.1) is 0 Å². The van der Waals surface area contributed by atoms with Gasteiger partial charge in [-0.2, -0.15) is 0 Å². The third-order valence-electron chi connectivity index (χ3n) is 3.85. The van der Waals surface area contributed by atoms with Gasteiger partial charge in [0.2, 0.25) is 0 Å². The lowest BCUT2D eigenvalue weighted by Crippen LogP contribution is -2.25. The van der Waals surface area contributed by atoms with E-state index in [-0.39, 0.29) is 18.4 Å². The lowest BCUT2D eigenvalue weighted by Gasteiger charge is -2.23. The Kier molecular flexibility index (Phi) is 4.03. The first-order chi connectivity index (χ1) is 10.4. The van der Waals surface area contributed by atoms with Crippen LogP contribution in [0.4, 0.5) is 0 Å². The number of aliphatic hydroxyl groups excluding tert-OH is 1. The molecule has 0 radical (unpaired) electrons. The van der Waals surface area contributed by atoms with Gasteiger partial charge in [0.1, 0.15) is 18.1 Å². The van der Waals surface area contributed by atoms with Crippen LogP contribution in [0.5, 0.6) is 0 Å². The molecule has 1 aliphatic rings. The monoisotopic (exact) mass is 341 g/mol. The number of hydrogen-bond donors (Lipinski definition) is 1. The molecule has 0 fully saturated rings. The van der Waals surface area contributed by atoms with Crippen molar-refractivity contribution >= 4 is 21.4 Å². The van der Waals surface area contributed by atoms with Gasteiger partial charge in [-0.25, -0.2) is 8.42 Å². The molecule has 7 heteroatoms. The van der Waals surface area contributed by atoms with Gasteiger partial charge >= 0.3 is 0 Å². The molecule has 0 spiro atoms. The standard InChI is InChI=1S/C15H16ClNO4S/c1-17(7-11-3-4-12(8-18)21-11)14-9-22(19,20)15-5-2-10(16)6-13(14)15/h2-6,14,18H,7-9H2,1H3/t14-/m0/s1. The van der Waals surface area contributed by atoms with Crippen molar-refractivity contribution in [2.45, 2.75) is 24.1 Å². The highest BCUT2D eigenvalue weighted by molar-refractivity contribution is 7.91. The molecular formula is C15H16ClNO4S. The van der Waals surface area contributed by atoms with Gasteiger partial charge in [-0.05, 0) is 42.9 Å². The van der Waals surface area contributed by atoms with Crippen LogP contribution in [0.2, 0.25) is 5.02 Å². The molecule has 0 aliphatic carbocycles. The molecule has 1 aromatic heterocycles. The third-order valence-corrected chi connectivity index (χ3v) is 5.89. The Morgan fingerprint density at radius 1 is 1.32 bits per heavy atom. The molecule has 0 saturated carbocycles. The molecule has 22 heavy (non-hydrogen) atoms. The van der Waals surface area contributed by atoms with E-state index < -0.39 is 9.84 Å². The molecule has 0 unspecified atom stereocenters. The fourth-order valence-corrected chi connectivity index (χ4v) is 4.80. The minimum atomic E-state index is -3.28. The maximum absolute atomic E-state index is 12.3. The number of sulfone groups is 1. The molecule has 0 amide bonds. The number of halogens is 1. The Labute approximate surface area is 134 Å². The second-order valence-corrected chi connectivity index (χ2v) is 7.86. The van der Waals surface area contributed by atoms with E-state index in [0.717, 1.165) is 5.56 Å². The fraction of sp³-hybridized carbons (Fsp3) is 0.333. The smallest absolute Gasteiger partial charge is 0.180 e. The average Bonchev–Trinajstić information content (AvgIpc) is 3.01. The van der Waals surface area contributed by atoms with Gasteiger partial charge in [-0.3, -0.25) is 4.90 Å². The van der Waals surface area contributed by atoms with Gasteiger partial charge in [0.15, 0.2) is 9.84 Å². The fourth-order valence-electron chi connectivity index (χ4n) is 2.76. The van der Waals surface area contributed by atoms with Crippen molar-refractivity contribution in [3.63, 3.8) is 0 Å². The summed E-state index contributed by atoms with van der Waals surface area (Å²) in [6, 6.07) is 8.10. The Morgan fingerprint density at radius 3 is 2.73 bits per heavy atom. The van der Waals surface area contributed by atoms with E-state index in [4.69, 9.17) is 21.1 Å². The zero-order chi connectivity index (χ0) is 15.9. The molecule has 2 aromatic rings. The Bertz CT molecular complexity index is 800. The summed E-state index contributed by atoms with van der Waals surface area (Å²) in [6.07, 6.45) is 0. The normalized spacial score (nSPS) is 19.5. The van der Waals surface area contributed by atoms with Gasteiger partial charge < -0.3 is 9.52 Å². The summed E-state index contributed by atoms with van der Waals surface area (Å²) in [5.41, 5.74) is 0.726. The van der Waals surface area contributed by atoms with E-state index in [0.29, 0.717) is 28.0 Å². The minimum absolute atomic E-state index is 0.0345. The largest absolute Gasteiger partial charge is 0.462 e. The average molecular weight is 342 g/mol. The third kappa shape index (κ3) is 2.79. The lowest BCUT2D eigenvalue weighted by atomic mass is 10.1. The van der Waals surface area contributed by atoms with Gasteiger partial charge in [0.25, 0.3) is 0 Å². The number of rotatable bonds is 4. The highest BCUT2D eigenvalue weighted by atomic mass is 35.5. The SMILES string of the molecule is CN(Cc1ccc(CO)o1)[C@H]1CS(=O)(=O)c2ccc(Cl)cc21. The van der Waals surface area contributed by atoms with E-state index in [2.05, 4.69) is 0 Å². The first kappa shape index (κ1) is 15.6. The van der Waals surface area contributed by atoms with E-state index in [1.807, 2.05) is 11.9 Å². The number of furan rings is 1.